The van der Waals surface area contributed by atoms with Gasteiger partial charge in [-0.1, -0.05) is 82.2 Å². The summed E-state index contributed by atoms with van der Waals surface area (Å²) in [5, 5.41) is 39.7. The number of carbonyl (C=O) groups is 3. The van der Waals surface area contributed by atoms with Gasteiger partial charge in [0, 0.05) is 69.9 Å². The second kappa shape index (κ2) is 29.5. The monoisotopic (exact) mass is 1280 g/mol. The van der Waals surface area contributed by atoms with Crippen molar-refractivity contribution in [1.82, 2.24) is 10.4 Å². The van der Waals surface area contributed by atoms with Gasteiger partial charge in [0.05, 0.1) is 68.6 Å². The molecule has 5 saturated heterocycles. The van der Waals surface area contributed by atoms with Crippen LogP contribution in [0, 0.1) is 37.5 Å². The summed E-state index contributed by atoms with van der Waals surface area (Å²) in [7, 11) is 4.83. The van der Waals surface area contributed by atoms with E-state index in [1.54, 1.807) is 66.4 Å². The molecular formula is C68H97ClN2O19. The predicted octanol–water partition coefficient (Wildman–Crippen LogP) is 8.74. The highest BCUT2D eigenvalue weighted by molar-refractivity contribution is 6.31. The number of aliphatic hydroxyl groups is 3. The molecule has 0 aromatic heterocycles. The van der Waals surface area contributed by atoms with Gasteiger partial charge in [0.2, 0.25) is 0 Å². The lowest BCUT2D eigenvalue weighted by atomic mass is 9.71. The van der Waals surface area contributed by atoms with Gasteiger partial charge in [0.25, 0.3) is 5.91 Å². The summed E-state index contributed by atoms with van der Waals surface area (Å²) in [5.41, 5.74) is 2.14. The van der Waals surface area contributed by atoms with Gasteiger partial charge in [0.1, 0.15) is 47.6 Å². The first-order valence-electron chi connectivity index (χ1n) is 32.2. The van der Waals surface area contributed by atoms with Gasteiger partial charge in [0.15, 0.2) is 24.1 Å². The lowest BCUT2D eigenvalue weighted by Crippen LogP contribution is -2.58. The molecule has 22 heteroatoms. The Kier molecular flexibility index (Phi) is 22.9. The molecule has 10 rings (SSSR count). The largest absolute Gasteiger partial charge is 0.513 e. The Hall–Kier alpha value is -4.40. The Balaban J connectivity index is 0.000000285. The first-order valence-corrected chi connectivity index (χ1v) is 32.5. The van der Waals surface area contributed by atoms with Crippen LogP contribution in [0.5, 0.6) is 0 Å². The van der Waals surface area contributed by atoms with E-state index in [1.165, 1.54) is 0 Å². The van der Waals surface area contributed by atoms with E-state index >= 15 is 0 Å². The highest BCUT2D eigenvalue weighted by Gasteiger charge is 2.60. The Morgan fingerprint density at radius 1 is 0.867 bits per heavy atom. The molecule has 4 N–H and O–H groups in total. The molecule has 0 radical (unpaired) electrons. The Labute approximate surface area is 535 Å². The van der Waals surface area contributed by atoms with E-state index < -0.39 is 102 Å². The summed E-state index contributed by atoms with van der Waals surface area (Å²) in [6.45, 7) is 22.9. The fraction of sp³-hybridized carbons (Fsp3) is 0.691. The minimum atomic E-state index is -1.84. The quantitative estimate of drug-likeness (QED) is 0.113. The number of nitrogens with one attached hydrogen (secondary N) is 1. The zero-order chi connectivity index (χ0) is 65.1. The van der Waals surface area contributed by atoms with Gasteiger partial charge in [-0.25, -0.2) is 4.79 Å². The van der Waals surface area contributed by atoms with Gasteiger partial charge < -0.3 is 82.3 Å². The van der Waals surface area contributed by atoms with Crippen molar-refractivity contribution in [2.24, 2.45) is 23.7 Å². The molecule has 90 heavy (non-hydrogen) atoms. The number of rotatable bonds is 12. The number of aryl methyl sites for hydroxylation is 2. The second-order valence-electron chi connectivity index (χ2n) is 26.0. The van der Waals surface area contributed by atoms with Crippen LogP contribution in [-0.2, 0) is 71.3 Å². The van der Waals surface area contributed by atoms with Gasteiger partial charge >= 0.3 is 12.1 Å². The number of aliphatic hydroxyl groups excluding tert-OH is 2. The molecule has 9 aliphatic rings. The van der Waals surface area contributed by atoms with Gasteiger partial charge in [-0.05, 0) is 125 Å². The number of ether oxygens (including phenoxy) is 12. The van der Waals surface area contributed by atoms with Crippen LogP contribution in [0.3, 0.4) is 0 Å². The zero-order valence-corrected chi connectivity index (χ0v) is 55.5. The third kappa shape index (κ3) is 14.8. The van der Waals surface area contributed by atoms with Crippen molar-refractivity contribution in [2.45, 2.75) is 230 Å². The Morgan fingerprint density at radius 2 is 1.54 bits per heavy atom. The molecule has 2 bridgehead atoms. The van der Waals surface area contributed by atoms with E-state index in [4.69, 9.17) is 73.3 Å². The van der Waals surface area contributed by atoms with E-state index in [0.717, 1.165) is 28.7 Å². The average Bonchev–Trinajstić information content (AvgIpc) is 1.54. The van der Waals surface area contributed by atoms with Crippen molar-refractivity contribution in [3.05, 3.63) is 98.9 Å². The maximum Gasteiger partial charge on any atom is 0.513 e. The highest BCUT2D eigenvalue weighted by Crippen LogP contribution is 2.48. The number of halogens is 1. The number of nitrogens with zero attached hydrogens (tertiary/aromatic N) is 1. The average molecular weight is 1280 g/mol. The maximum absolute atomic E-state index is 14.3. The molecule has 0 unspecified atom stereocenters. The maximum atomic E-state index is 14.3. The zero-order valence-electron chi connectivity index (χ0n) is 54.8. The van der Waals surface area contributed by atoms with Crippen molar-refractivity contribution in [2.75, 3.05) is 47.6 Å². The Morgan fingerprint density at radius 3 is 2.21 bits per heavy atom. The predicted molar refractivity (Wildman–Crippen MR) is 332 cm³/mol. The second-order valence-corrected chi connectivity index (χ2v) is 26.4. The standard InChI is InChI=1S/C48H72O14.C20H25ClN2O5/c1-11-25(2)43-28(5)17-18-47(62-43)23-34-20-33(61-47)16-15-27(4)42(26(3)13-12-14-32-24-55-45-40(49)29(6)19-35(46(51)58-34)48(32,45)52)59-39-22-37(54-10)44(31(8)57-39)60-38-21-36(53-9)41(50)30(7)56-38;1-5-27-19(25)28-17-16(15-12(2)10-14(21)11-13(15)3)18(24)22-20(17)6-8-23(26-4)9-7-20/h12-15,17-19,25-26,28,30-31,33-45,49-50,52H,11,16,20-24H2,1-10H3;10-11H,5-9H2,1-4H3,(H,22,24)/b13-12+,27-15+,32-14+;/t25-,26-,28-,30-,31-,33+,34-,35-,36-,37-,38-,39-,40+,41-,42-,43+,44-,45+,47+,48+;/m0./s1. The molecule has 0 saturated carbocycles. The summed E-state index contributed by atoms with van der Waals surface area (Å²) < 4.78 is 74.3. The van der Waals surface area contributed by atoms with E-state index in [9.17, 15) is 29.7 Å². The Bertz CT molecular complexity index is 2900. The number of hydrogen-bond acceptors (Lipinski definition) is 20. The molecule has 2 spiro atoms. The number of hydroxylamine groups is 2. The van der Waals surface area contributed by atoms with Crippen molar-refractivity contribution in [3.63, 3.8) is 0 Å². The molecule has 1 aromatic rings. The molecule has 1 aromatic carbocycles. The van der Waals surface area contributed by atoms with Gasteiger partial charge in [-0.15, -0.1) is 0 Å². The molecular weight excluding hydrogens is 1180 g/mol. The molecule has 8 heterocycles. The van der Waals surface area contributed by atoms with Crippen molar-refractivity contribution < 1.29 is 91.4 Å². The number of piperidine rings is 1. The molecule has 5 fully saturated rings. The fourth-order valence-electron chi connectivity index (χ4n) is 14.6. The summed E-state index contributed by atoms with van der Waals surface area (Å²) in [6, 6.07) is 3.59. The lowest BCUT2D eigenvalue weighted by Gasteiger charge is -2.48. The number of allylic oxidation sites excluding steroid dienone is 2. The van der Waals surface area contributed by atoms with Crippen molar-refractivity contribution in [3.8, 4) is 0 Å². The van der Waals surface area contributed by atoms with Gasteiger partial charge in [-0.3, -0.25) is 9.59 Å². The number of benzene rings is 1. The molecule has 8 aliphatic heterocycles. The van der Waals surface area contributed by atoms with E-state index in [1.807, 2.05) is 51.0 Å². The highest BCUT2D eigenvalue weighted by atomic mass is 35.5. The smallest absolute Gasteiger partial charge is 0.462 e. The SMILES string of the molecule is CCOC(=O)OC1=C(c2c(C)cc(Cl)cc2C)C(=O)NC12CCN(OC)CC2.CC[C@H](C)[C@H]1O[C@]2(C=C[C@@H]1C)C[C@@H]1C[C@@H](C/C=C(\C)[C@@H](O[C@H]3C[C@H](OC)[C@@H](O[C@H]4C[C@H](OC)[C@@H](O)[C@H](C)O4)[C@H](C)O3)[C@@H](C)/C=C/C=C3\CO[C@@H]4[C@H](O)C(C)=C[C@@H](C(=O)O1)[C@]34O)O2. The van der Waals surface area contributed by atoms with E-state index in [-0.39, 0.29) is 55.2 Å². The number of hydrogen-bond donors (Lipinski definition) is 4. The van der Waals surface area contributed by atoms with Crippen LogP contribution in [0.2, 0.25) is 5.02 Å². The van der Waals surface area contributed by atoms with Gasteiger partial charge in [-0.2, -0.15) is 5.06 Å². The summed E-state index contributed by atoms with van der Waals surface area (Å²) in [4.78, 5) is 44.9. The van der Waals surface area contributed by atoms with Crippen molar-refractivity contribution >= 4 is 35.2 Å². The normalized spacial score (nSPS) is 39.8. The molecule has 500 valence electrons. The van der Waals surface area contributed by atoms with Crippen LogP contribution >= 0.6 is 11.6 Å². The fourth-order valence-corrected chi connectivity index (χ4v) is 14.9. The minimum absolute atomic E-state index is 0.0317. The molecule has 1 aliphatic carbocycles. The number of fused-ring (bicyclic) bond motifs is 2. The van der Waals surface area contributed by atoms with Crippen molar-refractivity contribution in [1.29, 1.82) is 0 Å². The summed E-state index contributed by atoms with van der Waals surface area (Å²) in [6.07, 6.45) is 8.84. The van der Waals surface area contributed by atoms with Crippen LogP contribution < -0.4 is 5.32 Å². The first-order chi connectivity index (χ1) is 42.8. The number of esters is 1. The summed E-state index contributed by atoms with van der Waals surface area (Å²) in [5.74, 6) is -2.51. The molecule has 1 amide bonds. The van der Waals surface area contributed by atoms with E-state index in [0.29, 0.717) is 85.5 Å². The van der Waals surface area contributed by atoms with E-state index in [2.05, 4.69) is 45.2 Å². The van der Waals surface area contributed by atoms with Crippen LogP contribution in [-0.4, -0.2) is 189 Å². The lowest BCUT2D eigenvalue weighted by molar-refractivity contribution is -0.318. The van der Waals surface area contributed by atoms with Crippen LogP contribution in [0.4, 0.5) is 4.79 Å². The first kappa shape index (κ1) is 69.9. The number of carbonyl (C=O) groups excluding carboxylic acids is 3. The topological polar surface area (TPSA) is 247 Å². The van der Waals surface area contributed by atoms with Crippen LogP contribution in [0.1, 0.15) is 130 Å². The minimum Gasteiger partial charge on any atom is -0.462 e. The molecule has 20 atom stereocenters. The molecule has 21 nitrogen and oxygen atoms in total. The van der Waals surface area contributed by atoms with Crippen LogP contribution in [0.25, 0.3) is 5.57 Å². The number of amides is 1. The third-order valence-electron chi connectivity index (χ3n) is 19.8. The summed E-state index contributed by atoms with van der Waals surface area (Å²) >= 11 is 6.16. The number of methoxy groups -OCH3 is 2. The van der Waals surface area contributed by atoms with Crippen LogP contribution in [0.15, 0.2) is 77.1 Å². The third-order valence-corrected chi connectivity index (χ3v) is 20.0.